The molecule has 1 rings (SSSR count). The lowest BCUT2D eigenvalue weighted by Crippen LogP contribution is -2.49. The van der Waals surface area contributed by atoms with Crippen LogP contribution in [-0.2, 0) is 22.4 Å². The molecule has 5 nitrogen and oxygen atoms in total. The van der Waals surface area contributed by atoms with E-state index in [1.807, 2.05) is 6.92 Å². The molecule has 26 heavy (non-hydrogen) atoms. The van der Waals surface area contributed by atoms with Crippen molar-refractivity contribution in [1.29, 1.82) is 0 Å². The second-order valence-electron chi connectivity index (χ2n) is 8.09. The van der Waals surface area contributed by atoms with E-state index < -0.39 is 17.9 Å². The molecule has 0 unspecified atom stereocenters. The van der Waals surface area contributed by atoms with Gasteiger partial charge in [-0.2, -0.15) is 0 Å². The van der Waals surface area contributed by atoms with Crippen LogP contribution in [0.1, 0.15) is 65.5 Å². The number of hydrogen-bond donors (Lipinski definition) is 2. The minimum atomic E-state index is -0.561. The number of aryl methyl sites for hydroxylation is 1. The highest BCUT2D eigenvalue weighted by Gasteiger charge is 2.19. The van der Waals surface area contributed by atoms with Crippen molar-refractivity contribution in [2.45, 2.75) is 79.0 Å². The van der Waals surface area contributed by atoms with Crippen LogP contribution in [0.4, 0.5) is 4.79 Å². The smallest absolute Gasteiger partial charge is 0.409 e. The molecule has 1 aromatic rings. The van der Waals surface area contributed by atoms with Crippen LogP contribution in [0.2, 0.25) is 0 Å². The normalized spacial score (nSPS) is 12.6. The predicted octanol–water partition coefficient (Wildman–Crippen LogP) is 4.19. The Bertz CT molecular complexity index is 574. The maximum Gasteiger partial charge on any atom is 0.409 e. The molecule has 146 valence electrons. The van der Waals surface area contributed by atoms with Gasteiger partial charge in [-0.05, 0) is 57.1 Å². The Hall–Kier alpha value is -2.04. The van der Waals surface area contributed by atoms with Crippen molar-refractivity contribution in [3.63, 3.8) is 0 Å². The quantitative estimate of drug-likeness (QED) is 0.681. The summed E-state index contributed by atoms with van der Waals surface area (Å²) in [6.07, 6.45) is 1.77. The SMILES string of the molecule is CC[C@H](NC(=O)CCc1ccc(CC(C)C)cc1)NC(=O)OC(C)(C)C. The lowest BCUT2D eigenvalue weighted by atomic mass is 10.0. The highest BCUT2D eigenvalue weighted by Crippen LogP contribution is 2.11. The van der Waals surface area contributed by atoms with Gasteiger partial charge in [0.1, 0.15) is 11.8 Å². The molecule has 0 heterocycles. The first-order chi connectivity index (χ1) is 12.1. The first-order valence-corrected chi connectivity index (χ1v) is 9.45. The van der Waals surface area contributed by atoms with Crippen LogP contribution in [0.5, 0.6) is 0 Å². The van der Waals surface area contributed by atoms with Gasteiger partial charge in [-0.25, -0.2) is 4.79 Å². The summed E-state index contributed by atoms with van der Waals surface area (Å²) in [5.74, 6) is 0.550. The van der Waals surface area contributed by atoms with E-state index in [0.29, 0.717) is 25.2 Å². The summed E-state index contributed by atoms with van der Waals surface area (Å²) in [7, 11) is 0. The van der Waals surface area contributed by atoms with Crippen LogP contribution in [0, 0.1) is 5.92 Å². The van der Waals surface area contributed by atoms with Gasteiger partial charge in [0.05, 0.1) is 0 Å². The molecular formula is C21H34N2O3. The first-order valence-electron chi connectivity index (χ1n) is 9.45. The van der Waals surface area contributed by atoms with Crippen LogP contribution < -0.4 is 10.6 Å². The zero-order valence-corrected chi connectivity index (χ0v) is 17.0. The summed E-state index contributed by atoms with van der Waals surface area (Å²) in [6.45, 7) is 11.7. The zero-order chi connectivity index (χ0) is 19.7. The molecule has 0 aliphatic carbocycles. The third kappa shape index (κ3) is 9.44. The van der Waals surface area contributed by atoms with Gasteiger partial charge in [-0.15, -0.1) is 0 Å². The van der Waals surface area contributed by atoms with E-state index in [2.05, 4.69) is 48.7 Å². The van der Waals surface area contributed by atoms with E-state index in [-0.39, 0.29) is 5.91 Å². The van der Waals surface area contributed by atoms with Gasteiger partial charge < -0.3 is 15.4 Å². The number of amides is 2. The van der Waals surface area contributed by atoms with Crippen LogP contribution in [0.25, 0.3) is 0 Å². The highest BCUT2D eigenvalue weighted by atomic mass is 16.6. The lowest BCUT2D eigenvalue weighted by molar-refractivity contribution is -0.121. The Labute approximate surface area is 157 Å². The maximum absolute atomic E-state index is 12.2. The van der Waals surface area contributed by atoms with E-state index in [9.17, 15) is 9.59 Å². The number of benzene rings is 1. The molecule has 1 aromatic carbocycles. The van der Waals surface area contributed by atoms with Crippen LogP contribution in [0.15, 0.2) is 24.3 Å². The van der Waals surface area contributed by atoms with Gasteiger partial charge >= 0.3 is 6.09 Å². The lowest BCUT2D eigenvalue weighted by Gasteiger charge is -2.23. The molecule has 2 N–H and O–H groups in total. The molecule has 0 fully saturated rings. The molecule has 0 saturated carbocycles. The van der Waals surface area contributed by atoms with Crippen molar-refractivity contribution < 1.29 is 14.3 Å². The molecule has 0 radical (unpaired) electrons. The topological polar surface area (TPSA) is 67.4 Å². The molecule has 0 bridgehead atoms. The molecule has 0 saturated heterocycles. The summed E-state index contributed by atoms with van der Waals surface area (Å²) in [5, 5.41) is 5.53. The summed E-state index contributed by atoms with van der Waals surface area (Å²) < 4.78 is 5.22. The average molecular weight is 363 g/mol. The molecule has 0 aliphatic rings. The Morgan fingerprint density at radius 3 is 2.12 bits per heavy atom. The summed E-state index contributed by atoms with van der Waals surface area (Å²) in [6, 6.07) is 8.43. The second-order valence-corrected chi connectivity index (χ2v) is 8.09. The number of carbonyl (C=O) groups is 2. The predicted molar refractivity (Wildman–Crippen MR) is 105 cm³/mol. The average Bonchev–Trinajstić information content (AvgIpc) is 2.51. The van der Waals surface area contributed by atoms with E-state index in [1.165, 1.54) is 5.56 Å². The third-order valence-corrected chi connectivity index (χ3v) is 3.74. The summed E-state index contributed by atoms with van der Waals surface area (Å²) >= 11 is 0. The minimum absolute atomic E-state index is 0.0841. The number of alkyl carbamates (subject to hydrolysis) is 1. The third-order valence-electron chi connectivity index (χ3n) is 3.74. The first kappa shape index (κ1) is 22.0. The summed E-state index contributed by atoms with van der Waals surface area (Å²) in [5.41, 5.74) is 1.90. The fourth-order valence-corrected chi connectivity index (χ4v) is 2.53. The van der Waals surface area contributed by atoms with E-state index in [4.69, 9.17) is 4.74 Å². The van der Waals surface area contributed by atoms with Crippen molar-refractivity contribution in [3.05, 3.63) is 35.4 Å². The molecule has 1 atom stereocenters. The van der Waals surface area contributed by atoms with Gasteiger partial charge in [0.15, 0.2) is 0 Å². The monoisotopic (exact) mass is 362 g/mol. The number of nitrogens with one attached hydrogen (secondary N) is 2. The second kappa shape index (κ2) is 10.2. The van der Waals surface area contributed by atoms with Crippen molar-refractivity contribution in [3.8, 4) is 0 Å². The standard InChI is InChI=1S/C21H34N2O3/c1-7-18(23-20(25)26-21(4,5)6)22-19(24)13-12-16-8-10-17(11-9-16)14-15(2)3/h8-11,15,18H,7,12-14H2,1-6H3,(H,22,24)(H,23,25)/t18-/m1/s1. The highest BCUT2D eigenvalue weighted by molar-refractivity contribution is 5.77. The van der Waals surface area contributed by atoms with Crippen LogP contribution in [-0.4, -0.2) is 23.8 Å². The van der Waals surface area contributed by atoms with Crippen molar-refractivity contribution >= 4 is 12.0 Å². The molecule has 0 aromatic heterocycles. The van der Waals surface area contributed by atoms with Gasteiger partial charge in [0.25, 0.3) is 0 Å². The van der Waals surface area contributed by atoms with Crippen molar-refractivity contribution in [2.24, 2.45) is 5.92 Å². The van der Waals surface area contributed by atoms with Crippen LogP contribution >= 0.6 is 0 Å². The minimum Gasteiger partial charge on any atom is -0.444 e. The van der Waals surface area contributed by atoms with Gasteiger partial charge in [-0.1, -0.05) is 45.0 Å². The van der Waals surface area contributed by atoms with E-state index in [1.54, 1.807) is 20.8 Å². The molecule has 0 spiro atoms. The van der Waals surface area contributed by atoms with Gasteiger partial charge in [-0.3, -0.25) is 4.79 Å². The fourth-order valence-electron chi connectivity index (χ4n) is 2.53. The number of rotatable bonds is 8. The molecule has 5 heteroatoms. The van der Waals surface area contributed by atoms with Gasteiger partial charge in [0.2, 0.25) is 5.91 Å². The molecular weight excluding hydrogens is 328 g/mol. The fraction of sp³-hybridized carbons (Fsp3) is 0.619. The summed E-state index contributed by atoms with van der Waals surface area (Å²) in [4.78, 5) is 24.0. The van der Waals surface area contributed by atoms with Crippen molar-refractivity contribution in [1.82, 2.24) is 10.6 Å². The van der Waals surface area contributed by atoms with Gasteiger partial charge in [0, 0.05) is 6.42 Å². The van der Waals surface area contributed by atoms with E-state index in [0.717, 1.165) is 12.0 Å². The Kier molecular flexibility index (Phi) is 8.62. The molecule has 0 aliphatic heterocycles. The van der Waals surface area contributed by atoms with Crippen molar-refractivity contribution in [2.75, 3.05) is 0 Å². The zero-order valence-electron chi connectivity index (χ0n) is 17.0. The molecule has 2 amide bonds. The Morgan fingerprint density at radius 1 is 1.04 bits per heavy atom. The Balaban J connectivity index is 2.43. The largest absolute Gasteiger partial charge is 0.444 e. The van der Waals surface area contributed by atoms with E-state index >= 15 is 0 Å². The number of ether oxygens (including phenoxy) is 1. The number of carbonyl (C=O) groups excluding carboxylic acids is 2. The Morgan fingerprint density at radius 2 is 1.62 bits per heavy atom. The van der Waals surface area contributed by atoms with Crippen LogP contribution in [0.3, 0.4) is 0 Å². The number of hydrogen-bond acceptors (Lipinski definition) is 3. The maximum atomic E-state index is 12.2.